The van der Waals surface area contributed by atoms with Gasteiger partial charge in [0.1, 0.15) is 5.82 Å². The van der Waals surface area contributed by atoms with Gasteiger partial charge in [0.2, 0.25) is 5.76 Å². The molecule has 0 bridgehead atoms. The Balaban J connectivity index is 1.58. The van der Waals surface area contributed by atoms with Gasteiger partial charge in [0, 0.05) is 5.56 Å². The van der Waals surface area contributed by atoms with Crippen LogP contribution >= 0.6 is 11.8 Å². The number of nitrogens with zero attached hydrogens (tertiary/aromatic N) is 2. The molecule has 7 heteroatoms. The number of hydrogen-bond donors (Lipinski definition) is 2. The highest BCUT2D eigenvalue weighted by Gasteiger charge is 2.27. The number of aromatic nitrogens is 3. The SMILES string of the molecule is CSCC[C@@H](NC(=O)c1onc2c1CCCC2)c1nc2ccccc2[nH]1. The van der Waals surface area contributed by atoms with Crippen molar-refractivity contribution >= 4 is 28.7 Å². The van der Waals surface area contributed by atoms with Crippen LogP contribution in [0.2, 0.25) is 0 Å². The minimum atomic E-state index is -0.202. The highest BCUT2D eigenvalue weighted by Crippen LogP contribution is 2.25. The third-order valence-electron chi connectivity index (χ3n) is 4.82. The summed E-state index contributed by atoms with van der Waals surface area (Å²) in [7, 11) is 0. The molecule has 0 spiro atoms. The van der Waals surface area contributed by atoms with Crippen LogP contribution in [-0.2, 0) is 12.8 Å². The van der Waals surface area contributed by atoms with Gasteiger partial charge in [-0.15, -0.1) is 0 Å². The van der Waals surface area contributed by atoms with E-state index in [0.717, 1.165) is 66.0 Å². The van der Waals surface area contributed by atoms with Crippen LogP contribution in [0, 0.1) is 0 Å². The molecule has 3 aromatic rings. The van der Waals surface area contributed by atoms with Crippen molar-refractivity contribution < 1.29 is 9.32 Å². The summed E-state index contributed by atoms with van der Waals surface area (Å²) < 4.78 is 5.38. The number of carbonyl (C=O) groups excluding carboxylic acids is 1. The van der Waals surface area contributed by atoms with Crippen molar-refractivity contribution in [2.75, 3.05) is 12.0 Å². The molecule has 0 saturated carbocycles. The summed E-state index contributed by atoms with van der Waals surface area (Å²) in [5.41, 5.74) is 3.79. The van der Waals surface area contributed by atoms with Crippen LogP contribution in [0.1, 0.15) is 52.9 Å². The van der Waals surface area contributed by atoms with E-state index in [9.17, 15) is 4.79 Å². The molecule has 136 valence electrons. The van der Waals surface area contributed by atoms with Crippen molar-refractivity contribution in [3.8, 4) is 0 Å². The quantitative estimate of drug-likeness (QED) is 0.692. The van der Waals surface area contributed by atoms with Gasteiger partial charge < -0.3 is 14.8 Å². The first kappa shape index (κ1) is 17.1. The third kappa shape index (κ3) is 3.35. The molecule has 0 fully saturated rings. The fourth-order valence-electron chi connectivity index (χ4n) is 3.44. The molecule has 0 radical (unpaired) electrons. The lowest BCUT2D eigenvalue weighted by atomic mass is 9.96. The molecule has 1 aromatic carbocycles. The van der Waals surface area contributed by atoms with Crippen LogP contribution in [0.25, 0.3) is 11.0 Å². The van der Waals surface area contributed by atoms with E-state index in [1.54, 1.807) is 11.8 Å². The average molecular weight is 370 g/mol. The number of para-hydroxylation sites is 2. The number of hydrogen-bond acceptors (Lipinski definition) is 5. The maximum absolute atomic E-state index is 12.8. The highest BCUT2D eigenvalue weighted by atomic mass is 32.2. The van der Waals surface area contributed by atoms with Gasteiger partial charge in [-0.2, -0.15) is 11.8 Å². The molecular weight excluding hydrogens is 348 g/mol. The minimum Gasteiger partial charge on any atom is -0.350 e. The first-order valence-electron chi connectivity index (χ1n) is 8.98. The number of rotatable bonds is 6. The number of nitrogens with one attached hydrogen (secondary N) is 2. The summed E-state index contributed by atoms with van der Waals surface area (Å²) in [6.45, 7) is 0. The maximum atomic E-state index is 12.8. The zero-order valence-electron chi connectivity index (χ0n) is 14.7. The number of carbonyl (C=O) groups is 1. The molecule has 2 N–H and O–H groups in total. The van der Waals surface area contributed by atoms with Crippen molar-refractivity contribution in [1.29, 1.82) is 0 Å². The fraction of sp³-hybridized carbons (Fsp3) is 0.421. The van der Waals surface area contributed by atoms with Crippen LogP contribution in [0.4, 0.5) is 0 Å². The lowest BCUT2D eigenvalue weighted by Crippen LogP contribution is -2.30. The Morgan fingerprint density at radius 3 is 3.04 bits per heavy atom. The Morgan fingerprint density at radius 1 is 1.35 bits per heavy atom. The Bertz CT molecular complexity index is 884. The smallest absolute Gasteiger partial charge is 0.290 e. The van der Waals surface area contributed by atoms with Crippen LogP contribution in [-0.4, -0.2) is 33.0 Å². The zero-order chi connectivity index (χ0) is 17.9. The van der Waals surface area contributed by atoms with E-state index in [4.69, 9.17) is 4.52 Å². The van der Waals surface area contributed by atoms with Gasteiger partial charge in [0.25, 0.3) is 5.91 Å². The molecule has 1 atom stereocenters. The number of fused-ring (bicyclic) bond motifs is 2. The van der Waals surface area contributed by atoms with E-state index in [0.29, 0.717) is 5.76 Å². The van der Waals surface area contributed by atoms with Crippen molar-refractivity contribution in [1.82, 2.24) is 20.4 Å². The predicted octanol–water partition coefficient (Wildman–Crippen LogP) is 3.65. The molecular formula is C19H22N4O2S. The van der Waals surface area contributed by atoms with E-state index < -0.39 is 0 Å². The summed E-state index contributed by atoms with van der Waals surface area (Å²) in [4.78, 5) is 20.8. The van der Waals surface area contributed by atoms with Crippen LogP contribution < -0.4 is 5.32 Å². The van der Waals surface area contributed by atoms with Crippen LogP contribution in [0.15, 0.2) is 28.8 Å². The second-order valence-electron chi connectivity index (χ2n) is 6.59. The summed E-state index contributed by atoms with van der Waals surface area (Å²) >= 11 is 1.75. The van der Waals surface area contributed by atoms with Crippen molar-refractivity contribution in [3.05, 3.63) is 47.1 Å². The van der Waals surface area contributed by atoms with Gasteiger partial charge in [-0.3, -0.25) is 4.79 Å². The molecule has 2 aromatic heterocycles. The van der Waals surface area contributed by atoms with Gasteiger partial charge >= 0.3 is 0 Å². The first-order valence-corrected chi connectivity index (χ1v) is 10.4. The Morgan fingerprint density at radius 2 is 2.19 bits per heavy atom. The molecule has 1 amide bonds. The van der Waals surface area contributed by atoms with Gasteiger partial charge in [0.05, 0.1) is 22.8 Å². The fourth-order valence-corrected chi connectivity index (χ4v) is 3.91. The molecule has 1 aliphatic rings. The summed E-state index contributed by atoms with van der Waals surface area (Å²) in [6, 6.07) is 7.71. The Kier molecular flexibility index (Phi) is 4.97. The zero-order valence-corrected chi connectivity index (χ0v) is 15.6. The first-order chi connectivity index (χ1) is 12.8. The predicted molar refractivity (Wildman–Crippen MR) is 102 cm³/mol. The summed E-state index contributed by atoms with van der Waals surface area (Å²) in [6.07, 6.45) is 6.80. The number of amides is 1. The average Bonchev–Trinajstić information content (AvgIpc) is 3.29. The monoisotopic (exact) mass is 370 g/mol. The maximum Gasteiger partial charge on any atom is 0.290 e. The standard InChI is InChI=1S/C19H22N4O2S/c1-26-11-10-16(18-20-14-8-4-5-9-15(14)21-18)22-19(24)17-12-6-2-3-7-13(12)23-25-17/h4-5,8-9,16H,2-3,6-7,10-11H2,1H3,(H,20,21)(H,22,24)/t16-/m1/s1. The molecule has 0 aliphatic heterocycles. The minimum absolute atomic E-state index is 0.188. The van der Waals surface area contributed by atoms with Crippen LogP contribution in [0.5, 0.6) is 0 Å². The van der Waals surface area contributed by atoms with E-state index in [-0.39, 0.29) is 11.9 Å². The van der Waals surface area contributed by atoms with Crippen molar-refractivity contribution in [2.24, 2.45) is 0 Å². The van der Waals surface area contributed by atoms with Gasteiger partial charge in [-0.25, -0.2) is 4.98 Å². The van der Waals surface area contributed by atoms with Gasteiger partial charge in [-0.05, 0) is 56.2 Å². The molecule has 4 rings (SSSR count). The van der Waals surface area contributed by atoms with Gasteiger partial charge in [0.15, 0.2) is 0 Å². The molecule has 2 heterocycles. The molecule has 1 aliphatic carbocycles. The second-order valence-corrected chi connectivity index (χ2v) is 7.58. The Hall–Kier alpha value is -2.28. The number of benzene rings is 1. The summed E-state index contributed by atoms with van der Waals surface area (Å²) in [5.74, 6) is 1.87. The summed E-state index contributed by atoms with van der Waals surface area (Å²) in [5, 5.41) is 7.19. The van der Waals surface area contributed by atoms with E-state index >= 15 is 0 Å². The topological polar surface area (TPSA) is 83.8 Å². The third-order valence-corrected chi connectivity index (χ3v) is 5.46. The highest BCUT2D eigenvalue weighted by molar-refractivity contribution is 7.98. The largest absolute Gasteiger partial charge is 0.350 e. The van der Waals surface area contributed by atoms with Gasteiger partial charge in [-0.1, -0.05) is 17.3 Å². The molecule has 6 nitrogen and oxygen atoms in total. The normalized spacial score (nSPS) is 15.0. The number of thioether (sulfide) groups is 1. The molecule has 0 saturated heterocycles. The Labute approximate surface area is 156 Å². The molecule has 26 heavy (non-hydrogen) atoms. The number of imidazole rings is 1. The number of H-pyrrole nitrogens is 1. The van der Waals surface area contributed by atoms with Crippen molar-refractivity contribution in [2.45, 2.75) is 38.1 Å². The lowest BCUT2D eigenvalue weighted by Gasteiger charge is -2.16. The number of aromatic amines is 1. The molecule has 0 unspecified atom stereocenters. The van der Waals surface area contributed by atoms with E-state index in [1.807, 2.05) is 24.3 Å². The lowest BCUT2D eigenvalue weighted by molar-refractivity contribution is 0.0895. The van der Waals surface area contributed by atoms with Crippen molar-refractivity contribution in [3.63, 3.8) is 0 Å². The van der Waals surface area contributed by atoms with E-state index in [2.05, 4.69) is 26.7 Å². The second kappa shape index (κ2) is 7.53. The van der Waals surface area contributed by atoms with Crippen LogP contribution in [0.3, 0.4) is 0 Å². The number of aryl methyl sites for hydroxylation is 1. The van der Waals surface area contributed by atoms with E-state index in [1.165, 1.54) is 0 Å².